The number of nitrogens with zero attached hydrogens (tertiary/aromatic N) is 2. The normalized spacial score (nSPS) is 12.9. The molecule has 1 unspecified atom stereocenters. The summed E-state index contributed by atoms with van der Waals surface area (Å²) in [5.74, 6) is 0.903. The van der Waals surface area contributed by atoms with E-state index in [1.54, 1.807) is 37.3 Å². The van der Waals surface area contributed by atoms with Gasteiger partial charge < -0.3 is 4.74 Å². The minimum Gasteiger partial charge on any atom is -0.494 e. The molecule has 0 fully saturated rings. The molecular formula is C32H39N3O4S. The van der Waals surface area contributed by atoms with E-state index in [1.807, 2.05) is 43.3 Å². The van der Waals surface area contributed by atoms with Crippen LogP contribution in [0.15, 0.2) is 76.4 Å². The molecule has 3 aromatic carbocycles. The molecule has 8 heteroatoms. The van der Waals surface area contributed by atoms with Gasteiger partial charge in [-0.1, -0.05) is 63.9 Å². The number of benzene rings is 3. The van der Waals surface area contributed by atoms with Gasteiger partial charge in [-0.3, -0.25) is 9.36 Å². The summed E-state index contributed by atoms with van der Waals surface area (Å²) in [6, 6.07) is 18.9. The largest absolute Gasteiger partial charge is 0.494 e. The molecule has 0 radical (unpaired) electrons. The standard InChI is InChI=1S/C32H39N3O4S/c1-7-8-19-39-26-15-18-29-28(20-26)31(36)35(25-13-9-22(2)10-14-25)30(33-29)23(3)34-40(37,38)27-16-11-24(12-17-27)21-32(4,5)6/h9-18,20,23,34H,7-8,19,21H2,1-6H3. The van der Waals surface area contributed by atoms with Crippen molar-refractivity contribution in [1.82, 2.24) is 14.3 Å². The van der Waals surface area contributed by atoms with Crippen molar-refractivity contribution < 1.29 is 13.2 Å². The van der Waals surface area contributed by atoms with E-state index in [0.29, 0.717) is 34.8 Å². The van der Waals surface area contributed by atoms with E-state index in [-0.39, 0.29) is 15.9 Å². The molecule has 4 rings (SSSR count). The van der Waals surface area contributed by atoms with Gasteiger partial charge in [-0.05, 0) is 80.1 Å². The molecule has 7 nitrogen and oxygen atoms in total. The molecule has 1 N–H and O–H groups in total. The third-order valence-corrected chi connectivity index (χ3v) is 8.17. The Kier molecular flexibility index (Phi) is 8.80. The zero-order valence-corrected chi connectivity index (χ0v) is 25.0. The first kappa shape index (κ1) is 29.5. The summed E-state index contributed by atoms with van der Waals surface area (Å²) in [4.78, 5) is 18.8. The highest BCUT2D eigenvalue weighted by atomic mass is 32.2. The van der Waals surface area contributed by atoms with Crippen molar-refractivity contribution in [2.45, 2.75) is 71.7 Å². The van der Waals surface area contributed by atoms with Crippen LogP contribution in [-0.2, 0) is 16.4 Å². The molecule has 1 atom stereocenters. The van der Waals surface area contributed by atoms with Gasteiger partial charge >= 0.3 is 0 Å². The highest BCUT2D eigenvalue weighted by Crippen LogP contribution is 2.25. The van der Waals surface area contributed by atoms with Crippen molar-refractivity contribution in [3.63, 3.8) is 0 Å². The lowest BCUT2D eigenvalue weighted by molar-refractivity contribution is 0.310. The molecule has 1 heterocycles. The first-order valence-corrected chi connectivity index (χ1v) is 15.2. The molecule has 0 aliphatic carbocycles. The molecule has 40 heavy (non-hydrogen) atoms. The van der Waals surface area contributed by atoms with Crippen LogP contribution in [0.25, 0.3) is 16.6 Å². The molecular weight excluding hydrogens is 522 g/mol. The van der Waals surface area contributed by atoms with Gasteiger partial charge in [-0.2, -0.15) is 0 Å². The molecule has 0 amide bonds. The fourth-order valence-electron chi connectivity index (χ4n) is 4.59. The minimum atomic E-state index is -3.88. The summed E-state index contributed by atoms with van der Waals surface area (Å²) in [5, 5.41) is 0.405. The Morgan fingerprint density at radius 1 is 1.00 bits per heavy atom. The Bertz CT molecular complexity index is 1640. The number of rotatable bonds is 10. The molecule has 1 aromatic heterocycles. The van der Waals surface area contributed by atoms with Crippen LogP contribution in [0.1, 0.15) is 70.5 Å². The van der Waals surface area contributed by atoms with Gasteiger partial charge in [0.1, 0.15) is 11.6 Å². The van der Waals surface area contributed by atoms with Gasteiger partial charge in [-0.15, -0.1) is 0 Å². The van der Waals surface area contributed by atoms with E-state index in [2.05, 4.69) is 32.4 Å². The smallest absolute Gasteiger partial charge is 0.266 e. The molecule has 0 saturated carbocycles. The Balaban J connectivity index is 1.74. The summed E-state index contributed by atoms with van der Waals surface area (Å²) in [6.07, 6.45) is 2.76. The van der Waals surface area contributed by atoms with Crippen LogP contribution in [0.3, 0.4) is 0 Å². The quantitative estimate of drug-likeness (QED) is 0.223. The van der Waals surface area contributed by atoms with Gasteiger partial charge in [0.15, 0.2) is 0 Å². The molecule has 0 spiro atoms. The van der Waals surface area contributed by atoms with Crippen LogP contribution in [0.4, 0.5) is 0 Å². The predicted octanol–water partition coefficient (Wildman–Crippen LogP) is 6.50. The minimum absolute atomic E-state index is 0.0942. The molecule has 0 aliphatic heterocycles. The van der Waals surface area contributed by atoms with Crippen LogP contribution >= 0.6 is 0 Å². The van der Waals surface area contributed by atoms with Crippen LogP contribution in [0.5, 0.6) is 5.75 Å². The number of hydrogen-bond acceptors (Lipinski definition) is 5. The number of unbranched alkanes of at least 4 members (excludes halogenated alkanes) is 1. The number of nitrogens with one attached hydrogen (secondary N) is 1. The van der Waals surface area contributed by atoms with Crippen molar-refractivity contribution in [2.24, 2.45) is 5.41 Å². The second-order valence-electron chi connectivity index (χ2n) is 11.6. The number of sulfonamides is 1. The maximum atomic E-state index is 13.9. The summed E-state index contributed by atoms with van der Waals surface area (Å²) in [6.45, 7) is 12.8. The predicted molar refractivity (Wildman–Crippen MR) is 161 cm³/mol. The van der Waals surface area contributed by atoms with Crippen LogP contribution in [0, 0.1) is 12.3 Å². The average molecular weight is 562 g/mol. The fourth-order valence-corrected chi connectivity index (χ4v) is 5.79. The van der Waals surface area contributed by atoms with Crippen molar-refractivity contribution >= 4 is 20.9 Å². The van der Waals surface area contributed by atoms with Crippen LogP contribution < -0.4 is 15.0 Å². The Morgan fingerprint density at radius 2 is 1.68 bits per heavy atom. The van der Waals surface area contributed by atoms with E-state index in [1.165, 1.54) is 4.57 Å². The summed E-state index contributed by atoms with van der Waals surface area (Å²) < 4.78 is 36.8. The van der Waals surface area contributed by atoms with Gasteiger partial charge in [0, 0.05) is 0 Å². The summed E-state index contributed by atoms with van der Waals surface area (Å²) in [7, 11) is -3.88. The van der Waals surface area contributed by atoms with Crippen LogP contribution in [-0.4, -0.2) is 24.6 Å². The van der Waals surface area contributed by atoms with Crippen molar-refractivity contribution in [2.75, 3.05) is 6.61 Å². The zero-order chi connectivity index (χ0) is 29.1. The number of aromatic nitrogens is 2. The van der Waals surface area contributed by atoms with Gasteiger partial charge in [0.25, 0.3) is 5.56 Å². The molecule has 4 aromatic rings. The van der Waals surface area contributed by atoms with Gasteiger partial charge in [0.05, 0.1) is 34.1 Å². The summed E-state index contributed by atoms with van der Waals surface area (Å²) in [5.41, 5.74) is 3.00. The number of aryl methyl sites for hydroxylation is 1. The molecule has 0 aliphatic rings. The van der Waals surface area contributed by atoms with E-state index < -0.39 is 16.1 Å². The highest BCUT2D eigenvalue weighted by Gasteiger charge is 2.24. The topological polar surface area (TPSA) is 90.3 Å². The number of fused-ring (bicyclic) bond motifs is 1. The Hall–Kier alpha value is -3.49. The maximum Gasteiger partial charge on any atom is 0.266 e. The second-order valence-corrected chi connectivity index (χ2v) is 13.3. The lowest BCUT2D eigenvalue weighted by Crippen LogP contribution is -2.33. The van der Waals surface area contributed by atoms with E-state index in [4.69, 9.17) is 9.72 Å². The maximum absolute atomic E-state index is 13.9. The van der Waals surface area contributed by atoms with Crippen molar-refractivity contribution in [3.8, 4) is 11.4 Å². The molecule has 0 saturated heterocycles. The number of ether oxygens (including phenoxy) is 1. The third-order valence-electron chi connectivity index (χ3n) is 6.61. The van der Waals surface area contributed by atoms with Gasteiger partial charge in [0.2, 0.25) is 10.0 Å². The molecule has 0 bridgehead atoms. The van der Waals surface area contributed by atoms with Crippen molar-refractivity contribution in [3.05, 3.63) is 94.0 Å². The highest BCUT2D eigenvalue weighted by molar-refractivity contribution is 7.89. The van der Waals surface area contributed by atoms with E-state index in [0.717, 1.165) is 30.4 Å². The van der Waals surface area contributed by atoms with E-state index in [9.17, 15) is 13.2 Å². The fraction of sp³-hybridized carbons (Fsp3) is 0.375. The Labute approximate surface area is 237 Å². The van der Waals surface area contributed by atoms with Crippen molar-refractivity contribution in [1.29, 1.82) is 0 Å². The first-order valence-electron chi connectivity index (χ1n) is 13.8. The van der Waals surface area contributed by atoms with Crippen LogP contribution in [0.2, 0.25) is 0 Å². The lowest BCUT2D eigenvalue weighted by Gasteiger charge is -2.20. The Morgan fingerprint density at radius 3 is 2.30 bits per heavy atom. The second kappa shape index (κ2) is 11.9. The first-order chi connectivity index (χ1) is 18.9. The zero-order valence-electron chi connectivity index (χ0n) is 24.2. The summed E-state index contributed by atoms with van der Waals surface area (Å²) >= 11 is 0. The van der Waals surface area contributed by atoms with Gasteiger partial charge in [-0.25, -0.2) is 18.1 Å². The number of hydrogen-bond donors (Lipinski definition) is 1. The van der Waals surface area contributed by atoms with E-state index >= 15 is 0 Å². The monoisotopic (exact) mass is 561 g/mol. The lowest BCUT2D eigenvalue weighted by atomic mass is 9.88. The SMILES string of the molecule is CCCCOc1ccc2nc(C(C)NS(=O)(=O)c3ccc(CC(C)(C)C)cc3)n(-c3ccc(C)cc3)c(=O)c2c1. The third kappa shape index (κ3) is 6.98. The average Bonchev–Trinajstić information content (AvgIpc) is 2.89. The molecule has 212 valence electrons.